The van der Waals surface area contributed by atoms with Gasteiger partial charge < -0.3 is 5.11 Å². The zero-order valence-corrected chi connectivity index (χ0v) is 19.1. The fourth-order valence-corrected chi connectivity index (χ4v) is 6.25. The SMILES string of the molecule is CC12Cc3cnn(-c4ccc(F)cc4)c3C=C1CC[C@@]2(O)CCc1ccccc1S(N)(=O)=O. The molecular formula is C25H26FN3O3S. The summed E-state index contributed by atoms with van der Waals surface area (Å²) in [5, 5.41) is 21.7. The highest BCUT2D eigenvalue weighted by molar-refractivity contribution is 7.89. The molecule has 172 valence electrons. The standard InChI is InChI=1S/C25H26FN3O3S/c1-24-15-18-16-28-29(21-8-6-20(26)7-9-21)22(18)14-19(24)11-13-25(24,30)12-10-17-4-2-3-5-23(17)33(27,31)32/h2-9,14,16,30H,10-13,15H2,1H3,(H2,27,31,32)/t24?,25-/m0/s1. The molecule has 6 nitrogen and oxygen atoms in total. The minimum atomic E-state index is -3.83. The van der Waals surface area contributed by atoms with Crippen molar-refractivity contribution in [3.63, 3.8) is 0 Å². The summed E-state index contributed by atoms with van der Waals surface area (Å²) in [6, 6.07) is 12.9. The van der Waals surface area contributed by atoms with Crippen molar-refractivity contribution in [1.82, 2.24) is 9.78 Å². The molecule has 1 fully saturated rings. The molecule has 0 saturated heterocycles. The van der Waals surface area contributed by atoms with E-state index in [9.17, 15) is 17.9 Å². The van der Waals surface area contributed by atoms with Gasteiger partial charge >= 0.3 is 0 Å². The van der Waals surface area contributed by atoms with E-state index in [-0.39, 0.29) is 10.7 Å². The normalized spacial score (nSPS) is 24.3. The van der Waals surface area contributed by atoms with Crippen molar-refractivity contribution in [1.29, 1.82) is 0 Å². The molecule has 2 atom stereocenters. The van der Waals surface area contributed by atoms with E-state index < -0.39 is 21.0 Å². The summed E-state index contributed by atoms with van der Waals surface area (Å²) in [5.74, 6) is -0.296. The maximum atomic E-state index is 13.4. The molecule has 1 aromatic heterocycles. The maximum Gasteiger partial charge on any atom is 0.238 e. The third-order valence-corrected chi connectivity index (χ3v) is 8.45. The van der Waals surface area contributed by atoms with Gasteiger partial charge in [0.15, 0.2) is 0 Å². The molecule has 1 saturated carbocycles. The topological polar surface area (TPSA) is 98.2 Å². The number of benzene rings is 2. The second-order valence-corrected chi connectivity index (χ2v) is 10.8. The molecule has 3 N–H and O–H groups in total. The zero-order chi connectivity index (χ0) is 23.4. The summed E-state index contributed by atoms with van der Waals surface area (Å²) in [6.07, 6.45) is 6.72. The first-order chi connectivity index (χ1) is 15.6. The van der Waals surface area contributed by atoms with Crippen LogP contribution in [0.4, 0.5) is 4.39 Å². The van der Waals surface area contributed by atoms with Crippen molar-refractivity contribution >= 4 is 16.1 Å². The Bertz CT molecular complexity index is 1360. The van der Waals surface area contributed by atoms with Gasteiger partial charge in [0, 0.05) is 5.41 Å². The molecule has 0 bridgehead atoms. The van der Waals surface area contributed by atoms with Gasteiger partial charge in [-0.25, -0.2) is 22.6 Å². The van der Waals surface area contributed by atoms with Gasteiger partial charge in [-0.15, -0.1) is 0 Å². The molecule has 0 amide bonds. The van der Waals surface area contributed by atoms with E-state index in [2.05, 4.69) is 18.1 Å². The summed E-state index contributed by atoms with van der Waals surface area (Å²) in [5.41, 5.74) is 3.07. The van der Waals surface area contributed by atoms with Crippen molar-refractivity contribution in [2.24, 2.45) is 10.6 Å². The summed E-state index contributed by atoms with van der Waals surface area (Å²) in [7, 11) is -3.83. The van der Waals surface area contributed by atoms with Crippen LogP contribution in [-0.2, 0) is 22.9 Å². The molecule has 1 unspecified atom stereocenters. The van der Waals surface area contributed by atoms with Crippen LogP contribution in [-0.4, -0.2) is 28.9 Å². The Morgan fingerprint density at radius 3 is 2.64 bits per heavy atom. The van der Waals surface area contributed by atoms with Crippen LogP contribution in [0.5, 0.6) is 0 Å². The molecule has 2 aliphatic carbocycles. The number of hydrogen-bond donors (Lipinski definition) is 2. The Labute approximate surface area is 192 Å². The van der Waals surface area contributed by atoms with Gasteiger partial charge in [0.25, 0.3) is 0 Å². The van der Waals surface area contributed by atoms with E-state index >= 15 is 0 Å². The summed E-state index contributed by atoms with van der Waals surface area (Å²) < 4.78 is 39.1. The second-order valence-electron chi connectivity index (χ2n) is 9.31. The van der Waals surface area contributed by atoms with E-state index in [1.54, 1.807) is 35.0 Å². The van der Waals surface area contributed by atoms with Gasteiger partial charge in [0.1, 0.15) is 5.82 Å². The molecule has 2 aliphatic rings. The third kappa shape index (κ3) is 3.62. The molecule has 2 aromatic carbocycles. The first kappa shape index (κ1) is 22.0. The minimum Gasteiger partial charge on any atom is -0.389 e. The van der Waals surface area contributed by atoms with Gasteiger partial charge in [-0.2, -0.15) is 5.10 Å². The number of aromatic nitrogens is 2. The van der Waals surface area contributed by atoms with E-state index in [4.69, 9.17) is 5.14 Å². The number of hydrogen-bond acceptors (Lipinski definition) is 4. The molecule has 1 heterocycles. The molecule has 8 heteroatoms. The van der Waals surface area contributed by atoms with Crippen LogP contribution in [0.2, 0.25) is 0 Å². The molecule has 0 radical (unpaired) electrons. The fraction of sp³-hybridized carbons (Fsp3) is 0.320. The highest BCUT2D eigenvalue weighted by Crippen LogP contribution is 2.56. The molecule has 3 aromatic rings. The van der Waals surface area contributed by atoms with Gasteiger partial charge in [-0.3, -0.25) is 0 Å². The van der Waals surface area contributed by atoms with Gasteiger partial charge in [-0.05, 0) is 79.6 Å². The summed E-state index contributed by atoms with van der Waals surface area (Å²) in [6.45, 7) is 2.08. The lowest BCUT2D eigenvalue weighted by atomic mass is 9.65. The highest BCUT2D eigenvalue weighted by atomic mass is 32.2. The summed E-state index contributed by atoms with van der Waals surface area (Å²) in [4.78, 5) is 0.110. The minimum absolute atomic E-state index is 0.110. The number of aryl methyl sites for hydroxylation is 1. The monoisotopic (exact) mass is 467 g/mol. The number of nitrogens with zero attached hydrogens (tertiary/aromatic N) is 2. The summed E-state index contributed by atoms with van der Waals surface area (Å²) >= 11 is 0. The van der Waals surface area contributed by atoms with E-state index in [0.717, 1.165) is 28.9 Å². The smallest absolute Gasteiger partial charge is 0.238 e. The van der Waals surface area contributed by atoms with E-state index in [1.165, 1.54) is 18.2 Å². The third-order valence-electron chi connectivity index (χ3n) is 7.44. The van der Waals surface area contributed by atoms with Gasteiger partial charge in [-0.1, -0.05) is 30.7 Å². The van der Waals surface area contributed by atoms with Gasteiger partial charge in [0.05, 0.1) is 28.1 Å². The lowest BCUT2D eigenvalue weighted by Gasteiger charge is -2.42. The van der Waals surface area contributed by atoms with Crippen molar-refractivity contribution in [2.75, 3.05) is 0 Å². The van der Waals surface area contributed by atoms with Crippen LogP contribution in [0.3, 0.4) is 0 Å². The number of rotatable bonds is 5. The fourth-order valence-electron chi connectivity index (χ4n) is 5.45. The van der Waals surface area contributed by atoms with Crippen molar-refractivity contribution in [2.45, 2.75) is 49.5 Å². The lowest BCUT2D eigenvalue weighted by Crippen LogP contribution is -2.45. The number of nitrogens with two attached hydrogens (primary N) is 1. The Morgan fingerprint density at radius 2 is 1.91 bits per heavy atom. The van der Waals surface area contributed by atoms with Gasteiger partial charge in [0.2, 0.25) is 10.0 Å². The first-order valence-corrected chi connectivity index (χ1v) is 12.5. The Hall–Kier alpha value is -2.81. The number of halogens is 1. The largest absolute Gasteiger partial charge is 0.389 e. The number of sulfonamides is 1. The Balaban J connectivity index is 1.44. The molecule has 0 aliphatic heterocycles. The maximum absolute atomic E-state index is 13.4. The molecule has 5 rings (SSSR count). The van der Waals surface area contributed by atoms with Crippen LogP contribution in [0.15, 0.2) is 65.2 Å². The first-order valence-electron chi connectivity index (χ1n) is 11.0. The average Bonchev–Trinajstić information content (AvgIpc) is 3.29. The van der Waals surface area contributed by atoms with Crippen molar-refractivity contribution in [3.8, 4) is 5.69 Å². The predicted octanol–water partition coefficient (Wildman–Crippen LogP) is 3.76. The van der Waals surface area contributed by atoms with E-state index in [1.807, 2.05) is 6.20 Å². The lowest BCUT2D eigenvalue weighted by molar-refractivity contribution is -0.0462. The van der Waals surface area contributed by atoms with Crippen molar-refractivity contribution in [3.05, 3.63) is 82.9 Å². The van der Waals surface area contributed by atoms with Crippen LogP contribution < -0.4 is 5.14 Å². The Kier molecular flexibility index (Phi) is 5.08. The highest BCUT2D eigenvalue weighted by Gasteiger charge is 2.54. The molecular weight excluding hydrogens is 441 g/mol. The van der Waals surface area contributed by atoms with Crippen LogP contribution in [0, 0.1) is 11.2 Å². The number of fused-ring (bicyclic) bond motifs is 2. The zero-order valence-electron chi connectivity index (χ0n) is 18.3. The van der Waals surface area contributed by atoms with Crippen LogP contribution in [0.1, 0.15) is 43.0 Å². The number of aliphatic hydroxyl groups is 1. The van der Waals surface area contributed by atoms with E-state index in [0.29, 0.717) is 31.2 Å². The van der Waals surface area contributed by atoms with Crippen molar-refractivity contribution < 1.29 is 17.9 Å². The van der Waals surface area contributed by atoms with Crippen LogP contribution >= 0.6 is 0 Å². The average molecular weight is 468 g/mol. The molecule has 33 heavy (non-hydrogen) atoms. The second kappa shape index (κ2) is 7.62. The number of primary sulfonamides is 1. The van der Waals surface area contributed by atoms with Crippen LogP contribution in [0.25, 0.3) is 11.8 Å². The Morgan fingerprint density at radius 1 is 1.18 bits per heavy atom. The molecule has 0 spiro atoms. The predicted molar refractivity (Wildman–Crippen MR) is 124 cm³/mol. The quantitative estimate of drug-likeness (QED) is 0.597.